The molecule has 1 N–H and O–H groups in total. The van der Waals surface area contributed by atoms with Gasteiger partial charge in [-0.15, -0.1) is 0 Å². The average molecular weight is 239 g/mol. The summed E-state index contributed by atoms with van der Waals surface area (Å²) < 4.78 is 7.69. The van der Waals surface area contributed by atoms with Crippen LogP contribution >= 0.6 is 0 Å². The Kier molecular flexibility index (Phi) is 6.22. The Morgan fingerprint density at radius 1 is 1.35 bits per heavy atom. The van der Waals surface area contributed by atoms with E-state index in [0.29, 0.717) is 12.0 Å². The smallest absolute Gasteiger partial charge is 0.122 e. The summed E-state index contributed by atoms with van der Waals surface area (Å²) in [5, 5.41) is 3.40. The van der Waals surface area contributed by atoms with Crippen LogP contribution in [0.25, 0.3) is 0 Å². The highest BCUT2D eigenvalue weighted by atomic mass is 16.5. The van der Waals surface area contributed by atoms with Crippen LogP contribution in [0.2, 0.25) is 0 Å². The monoisotopic (exact) mass is 239 g/mol. The third-order valence-electron chi connectivity index (χ3n) is 2.42. The van der Waals surface area contributed by atoms with E-state index in [1.165, 1.54) is 0 Å². The highest BCUT2D eigenvalue weighted by molar-refractivity contribution is 4.91. The first-order chi connectivity index (χ1) is 8.09. The first-order valence-electron chi connectivity index (χ1n) is 6.42. The Morgan fingerprint density at radius 2 is 2.12 bits per heavy atom. The lowest BCUT2D eigenvalue weighted by molar-refractivity contribution is 0.0722. The number of hydrogen-bond donors (Lipinski definition) is 1. The van der Waals surface area contributed by atoms with Gasteiger partial charge in [-0.2, -0.15) is 0 Å². The molecule has 0 bridgehead atoms. The molecule has 98 valence electrons. The lowest BCUT2D eigenvalue weighted by Gasteiger charge is -2.11. The summed E-state index contributed by atoms with van der Waals surface area (Å²) in [6.07, 6.45) is 4.15. The molecule has 0 aromatic carbocycles. The second-order valence-corrected chi connectivity index (χ2v) is 4.98. The normalized spacial score (nSPS) is 11.6. The summed E-state index contributed by atoms with van der Waals surface area (Å²) in [5.74, 6) is 1.75. The molecule has 0 aliphatic carbocycles. The molecule has 17 heavy (non-hydrogen) atoms. The van der Waals surface area contributed by atoms with Crippen molar-refractivity contribution in [3.05, 3.63) is 18.2 Å². The second kappa shape index (κ2) is 7.45. The van der Waals surface area contributed by atoms with Crippen LogP contribution in [0.5, 0.6) is 0 Å². The van der Waals surface area contributed by atoms with Gasteiger partial charge in [0.15, 0.2) is 0 Å². The van der Waals surface area contributed by atoms with Gasteiger partial charge in [0, 0.05) is 18.9 Å². The van der Waals surface area contributed by atoms with Gasteiger partial charge in [0.2, 0.25) is 0 Å². The van der Waals surface area contributed by atoms with E-state index in [2.05, 4.69) is 42.6 Å². The molecule has 0 atom stereocenters. The maximum absolute atomic E-state index is 5.54. The fourth-order valence-corrected chi connectivity index (χ4v) is 1.57. The number of nitrogens with one attached hydrogen (secondary N) is 1. The van der Waals surface area contributed by atoms with Crippen LogP contribution in [0.3, 0.4) is 0 Å². The molecule has 0 saturated carbocycles. The van der Waals surface area contributed by atoms with Crippen molar-refractivity contribution >= 4 is 0 Å². The van der Waals surface area contributed by atoms with Crippen LogP contribution in [-0.4, -0.2) is 28.8 Å². The second-order valence-electron chi connectivity index (χ2n) is 4.98. The molecule has 0 fully saturated rings. The molecule has 0 spiro atoms. The van der Waals surface area contributed by atoms with E-state index >= 15 is 0 Å². The van der Waals surface area contributed by atoms with E-state index in [0.717, 1.165) is 32.1 Å². The van der Waals surface area contributed by atoms with Crippen LogP contribution < -0.4 is 5.32 Å². The Morgan fingerprint density at radius 3 is 2.76 bits per heavy atom. The summed E-state index contributed by atoms with van der Waals surface area (Å²) in [5.41, 5.74) is 0. The van der Waals surface area contributed by atoms with Crippen LogP contribution in [0.4, 0.5) is 0 Å². The van der Waals surface area contributed by atoms with Crippen LogP contribution in [0.1, 0.15) is 33.5 Å². The number of aromatic nitrogens is 2. The topological polar surface area (TPSA) is 39.1 Å². The summed E-state index contributed by atoms with van der Waals surface area (Å²) in [6, 6.07) is 0. The van der Waals surface area contributed by atoms with E-state index < -0.39 is 0 Å². The van der Waals surface area contributed by atoms with Gasteiger partial charge in [-0.25, -0.2) is 4.98 Å². The molecular formula is C13H25N3O. The summed E-state index contributed by atoms with van der Waals surface area (Å²) >= 11 is 0. The molecule has 1 heterocycles. The van der Waals surface area contributed by atoms with Crippen LogP contribution in [-0.2, 0) is 17.8 Å². The SMILES string of the molecule is CC(C)CNCc1nccn1CCOC(C)C. The molecule has 0 radical (unpaired) electrons. The van der Waals surface area contributed by atoms with Crippen molar-refractivity contribution in [2.75, 3.05) is 13.2 Å². The largest absolute Gasteiger partial charge is 0.377 e. The standard InChI is InChI=1S/C13H25N3O/c1-11(2)9-14-10-13-15-5-6-16(13)7-8-17-12(3)4/h5-6,11-12,14H,7-10H2,1-4H3. The molecule has 4 nitrogen and oxygen atoms in total. The van der Waals surface area contributed by atoms with Crippen molar-refractivity contribution in [1.82, 2.24) is 14.9 Å². The van der Waals surface area contributed by atoms with Crippen LogP contribution in [0, 0.1) is 5.92 Å². The maximum Gasteiger partial charge on any atom is 0.122 e. The quantitative estimate of drug-likeness (QED) is 0.754. The highest BCUT2D eigenvalue weighted by Gasteiger charge is 2.03. The summed E-state index contributed by atoms with van der Waals surface area (Å²) in [4.78, 5) is 4.36. The minimum Gasteiger partial charge on any atom is -0.377 e. The van der Waals surface area contributed by atoms with Gasteiger partial charge in [-0.3, -0.25) is 0 Å². The van der Waals surface area contributed by atoms with Crippen molar-refractivity contribution in [3.8, 4) is 0 Å². The number of ether oxygens (including phenoxy) is 1. The van der Waals surface area contributed by atoms with Gasteiger partial charge in [-0.1, -0.05) is 13.8 Å². The van der Waals surface area contributed by atoms with E-state index in [9.17, 15) is 0 Å². The fraction of sp³-hybridized carbons (Fsp3) is 0.769. The Bertz CT molecular complexity index is 279. The minimum absolute atomic E-state index is 0.293. The first-order valence-corrected chi connectivity index (χ1v) is 6.42. The molecule has 0 aliphatic rings. The Balaban J connectivity index is 2.32. The average Bonchev–Trinajstić information content (AvgIpc) is 2.65. The third-order valence-corrected chi connectivity index (χ3v) is 2.42. The molecule has 0 aliphatic heterocycles. The van der Waals surface area contributed by atoms with Crippen molar-refractivity contribution in [2.45, 2.75) is 46.9 Å². The third kappa shape index (κ3) is 5.84. The van der Waals surface area contributed by atoms with Crippen molar-refractivity contribution in [2.24, 2.45) is 5.92 Å². The zero-order valence-corrected chi connectivity index (χ0v) is 11.4. The van der Waals surface area contributed by atoms with Gasteiger partial charge < -0.3 is 14.6 Å². The Labute approximate surface area is 104 Å². The van der Waals surface area contributed by atoms with Gasteiger partial charge >= 0.3 is 0 Å². The molecule has 1 rings (SSSR count). The highest BCUT2D eigenvalue weighted by Crippen LogP contribution is 1.99. The predicted molar refractivity (Wildman–Crippen MR) is 69.9 cm³/mol. The van der Waals surface area contributed by atoms with E-state index in [1.807, 2.05) is 12.4 Å². The maximum atomic E-state index is 5.54. The molecular weight excluding hydrogens is 214 g/mol. The fourth-order valence-electron chi connectivity index (χ4n) is 1.57. The summed E-state index contributed by atoms with van der Waals surface area (Å²) in [6.45, 7) is 12.0. The molecule has 4 heteroatoms. The van der Waals surface area contributed by atoms with E-state index in [-0.39, 0.29) is 0 Å². The lowest BCUT2D eigenvalue weighted by atomic mass is 10.2. The molecule has 0 saturated heterocycles. The first kappa shape index (κ1) is 14.2. The van der Waals surface area contributed by atoms with Crippen molar-refractivity contribution in [1.29, 1.82) is 0 Å². The molecule has 0 unspecified atom stereocenters. The lowest BCUT2D eigenvalue weighted by Crippen LogP contribution is -2.22. The molecule has 1 aromatic heterocycles. The zero-order valence-electron chi connectivity index (χ0n) is 11.4. The van der Waals surface area contributed by atoms with Gasteiger partial charge in [0.05, 0.1) is 19.3 Å². The van der Waals surface area contributed by atoms with Crippen molar-refractivity contribution in [3.63, 3.8) is 0 Å². The zero-order chi connectivity index (χ0) is 12.7. The number of hydrogen-bond acceptors (Lipinski definition) is 3. The van der Waals surface area contributed by atoms with Crippen molar-refractivity contribution < 1.29 is 4.74 Å². The van der Waals surface area contributed by atoms with E-state index in [1.54, 1.807) is 0 Å². The van der Waals surface area contributed by atoms with Crippen LogP contribution in [0.15, 0.2) is 12.4 Å². The minimum atomic E-state index is 0.293. The molecule has 0 amide bonds. The van der Waals surface area contributed by atoms with Gasteiger partial charge in [0.25, 0.3) is 0 Å². The summed E-state index contributed by atoms with van der Waals surface area (Å²) in [7, 11) is 0. The number of imidazole rings is 1. The van der Waals surface area contributed by atoms with Gasteiger partial charge in [-0.05, 0) is 26.3 Å². The number of rotatable bonds is 8. The van der Waals surface area contributed by atoms with E-state index in [4.69, 9.17) is 4.74 Å². The predicted octanol–water partition coefficient (Wildman–Crippen LogP) is 2.05. The number of nitrogens with zero attached hydrogens (tertiary/aromatic N) is 2. The van der Waals surface area contributed by atoms with Gasteiger partial charge in [0.1, 0.15) is 5.82 Å². The molecule has 1 aromatic rings. The Hall–Kier alpha value is -0.870.